The molecule has 0 radical (unpaired) electrons. The standard InChI is InChI=1S/C18H23N3O3S/c1-12(2)20-17(23)9-19-16(22)8-14-11-25-18(21-14)10-24-15-6-4-13(3)5-7-15/h4-7,11-12H,8-10H2,1-3H3,(H,19,22)(H,20,23). The summed E-state index contributed by atoms with van der Waals surface area (Å²) in [6.45, 7) is 6.11. The van der Waals surface area contributed by atoms with Crippen LogP contribution < -0.4 is 15.4 Å². The van der Waals surface area contributed by atoms with Gasteiger partial charge in [-0.05, 0) is 32.9 Å². The Morgan fingerprint density at radius 2 is 1.92 bits per heavy atom. The van der Waals surface area contributed by atoms with Gasteiger partial charge in [-0.2, -0.15) is 0 Å². The fourth-order valence-electron chi connectivity index (χ4n) is 2.05. The lowest BCUT2D eigenvalue weighted by Gasteiger charge is -2.08. The molecule has 0 aliphatic heterocycles. The smallest absolute Gasteiger partial charge is 0.239 e. The number of carbonyl (C=O) groups excluding carboxylic acids is 2. The predicted molar refractivity (Wildman–Crippen MR) is 97.6 cm³/mol. The van der Waals surface area contributed by atoms with Crippen molar-refractivity contribution in [1.29, 1.82) is 0 Å². The molecule has 2 amide bonds. The van der Waals surface area contributed by atoms with E-state index in [4.69, 9.17) is 4.74 Å². The van der Waals surface area contributed by atoms with Crippen LogP contribution >= 0.6 is 11.3 Å². The third-order valence-corrected chi connectivity index (χ3v) is 4.09. The minimum absolute atomic E-state index is 0.0233. The summed E-state index contributed by atoms with van der Waals surface area (Å²) in [7, 11) is 0. The Morgan fingerprint density at radius 3 is 2.60 bits per heavy atom. The zero-order chi connectivity index (χ0) is 18.2. The van der Waals surface area contributed by atoms with Gasteiger partial charge in [-0.15, -0.1) is 11.3 Å². The molecular weight excluding hydrogens is 338 g/mol. The molecule has 1 aromatic heterocycles. The number of ether oxygens (including phenoxy) is 1. The van der Waals surface area contributed by atoms with Gasteiger partial charge in [-0.25, -0.2) is 4.98 Å². The monoisotopic (exact) mass is 361 g/mol. The summed E-state index contributed by atoms with van der Waals surface area (Å²) in [6.07, 6.45) is 0.149. The minimum Gasteiger partial charge on any atom is -0.486 e. The first-order valence-corrected chi connectivity index (χ1v) is 8.99. The second-order valence-electron chi connectivity index (χ2n) is 6.01. The van der Waals surface area contributed by atoms with E-state index in [1.807, 2.05) is 50.4 Å². The van der Waals surface area contributed by atoms with Crippen molar-refractivity contribution in [3.8, 4) is 5.75 Å². The van der Waals surface area contributed by atoms with Gasteiger partial charge in [0.15, 0.2) is 0 Å². The number of amides is 2. The SMILES string of the molecule is Cc1ccc(OCc2nc(CC(=O)NCC(=O)NC(C)C)cs2)cc1. The number of rotatable bonds is 8. The van der Waals surface area contributed by atoms with E-state index >= 15 is 0 Å². The Balaban J connectivity index is 1.75. The van der Waals surface area contributed by atoms with Gasteiger partial charge in [0.05, 0.1) is 18.7 Å². The Hall–Kier alpha value is -2.41. The van der Waals surface area contributed by atoms with Crippen LogP contribution in [0.5, 0.6) is 5.75 Å². The zero-order valence-corrected chi connectivity index (χ0v) is 15.5. The van der Waals surface area contributed by atoms with Gasteiger partial charge in [0.25, 0.3) is 0 Å². The molecule has 0 atom stereocenters. The number of hydrogen-bond donors (Lipinski definition) is 2. The van der Waals surface area contributed by atoms with Crippen LogP contribution in [0.3, 0.4) is 0 Å². The summed E-state index contributed by atoms with van der Waals surface area (Å²) in [5, 5.41) is 7.95. The normalized spacial score (nSPS) is 10.6. The second-order valence-corrected chi connectivity index (χ2v) is 6.95. The maximum absolute atomic E-state index is 11.9. The molecule has 7 heteroatoms. The van der Waals surface area contributed by atoms with Gasteiger partial charge in [0.2, 0.25) is 11.8 Å². The van der Waals surface area contributed by atoms with Gasteiger partial charge in [0, 0.05) is 11.4 Å². The molecule has 1 aromatic carbocycles. The molecule has 0 fully saturated rings. The van der Waals surface area contributed by atoms with Gasteiger partial charge in [-0.3, -0.25) is 9.59 Å². The molecule has 0 bridgehead atoms. The van der Waals surface area contributed by atoms with Crippen molar-refractivity contribution in [2.24, 2.45) is 0 Å². The van der Waals surface area contributed by atoms with Crippen LogP contribution in [0, 0.1) is 6.92 Å². The van der Waals surface area contributed by atoms with Crippen LogP contribution in [-0.2, 0) is 22.6 Å². The van der Waals surface area contributed by atoms with Crippen molar-refractivity contribution in [1.82, 2.24) is 15.6 Å². The fraction of sp³-hybridized carbons (Fsp3) is 0.389. The maximum Gasteiger partial charge on any atom is 0.239 e. The van der Waals surface area contributed by atoms with Crippen molar-refractivity contribution < 1.29 is 14.3 Å². The molecule has 0 aliphatic carbocycles. The third kappa shape index (κ3) is 6.93. The van der Waals surface area contributed by atoms with Gasteiger partial charge in [0.1, 0.15) is 17.4 Å². The lowest BCUT2D eigenvalue weighted by Crippen LogP contribution is -2.40. The van der Waals surface area contributed by atoms with Crippen LogP contribution in [0.4, 0.5) is 0 Å². The average molecular weight is 361 g/mol. The number of thiazole rings is 1. The number of aryl methyl sites for hydroxylation is 1. The van der Waals surface area contributed by atoms with Crippen LogP contribution in [0.25, 0.3) is 0 Å². The van der Waals surface area contributed by atoms with Gasteiger partial charge in [-0.1, -0.05) is 17.7 Å². The van der Waals surface area contributed by atoms with Crippen molar-refractivity contribution in [2.45, 2.75) is 39.8 Å². The molecule has 134 valence electrons. The molecule has 0 saturated carbocycles. The topological polar surface area (TPSA) is 80.3 Å². The summed E-state index contributed by atoms with van der Waals surface area (Å²) in [6, 6.07) is 7.86. The summed E-state index contributed by atoms with van der Waals surface area (Å²) in [5.74, 6) is 0.361. The number of aromatic nitrogens is 1. The van der Waals surface area contributed by atoms with E-state index in [9.17, 15) is 9.59 Å². The molecule has 6 nitrogen and oxygen atoms in total. The lowest BCUT2D eigenvalue weighted by molar-refractivity contribution is -0.126. The van der Waals surface area contributed by atoms with Crippen molar-refractivity contribution in [3.63, 3.8) is 0 Å². The van der Waals surface area contributed by atoms with E-state index in [0.717, 1.165) is 10.8 Å². The van der Waals surface area contributed by atoms with Crippen LogP contribution in [-0.4, -0.2) is 29.4 Å². The molecule has 0 saturated heterocycles. The first-order valence-electron chi connectivity index (χ1n) is 8.11. The molecule has 2 rings (SSSR count). The number of nitrogens with zero attached hydrogens (tertiary/aromatic N) is 1. The van der Waals surface area contributed by atoms with E-state index in [-0.39, 0.29) is 30.8 Å². The minimum atomic E-state index is -0.227. The van der Waals surface area contributed by atoms with Crippen LogP contribution in [0.1, 0.15) is 30.1 Å². The highest BCUT2D eigenvalue weighted by Gasteiger charge is 2.10. The average Bonchev–Trinajstić information content (AvgIpc) is 2.99. The third-order valence-electron chi connectivity index (χ3n) is 3.22. The quantitative estimate of drug-likeness (QED) is 0.755. The highest BCUT2D eigenvalue weighted by Crippen LogP contribution is 2.16. The van der Waals surface area contributed by atoms with Crippen molar-refractivity contribution in [3.05, 3.63) is 45.9 Å². The predicted octanol–water partition coefficient (Wildman–Crippen LogP) is 2.21. The molecule has 2 aromatic rings. The summed E-state index contributed by atoms with van der Waals surface area (Å²) in [5.41, 5.74) is 1.85. The molecule has 25 heavy (non-hydrogen) atoms. The number of hydrogen-bond acceptors (Lipinski definition) is 5. The van der Waals surface area contributed by atoms with Crippen LogP contribution in [0.15, 0.2) is 29.6 Å². The molecular formula is C18H23N3O3S. The largest absolute Gasteiger partial charge is 0.486 e. The van der Waals surface area contributed by atoms with Gasteiger partial charge >= 0.3 is 0 Å². The maximum atomic E-state index is 11.9. The van der Waals surface area contributed by atoms with Crippen molar-refractivity contribution in [2.75, 3.05) is 6.54 Å². The second kappa shape index (κ2) is 9.17. The summed E-state index contributed by atoms with van der Waals surface area (Å²) < 4.78 is 5.68. The van der Waals surface area contributed by atoms with Gasteiger partial charge < -0.3 is 15.4 Å². The first kappa shape index (κ1) is 18.9. The Bertz CT molecular complexity index is 711. The summed E-state index contributed by atoms with van der Waals surface area (Å²) in [4.78, 5) is 27.8. The fourth-order valence-corrected chi connectivity index (χ4v) is 2.76. The highest BCUT2D eigenvalue weighted by molar-refractivity contribution is 7.09. The number of benzene rings is 1. The Kier molecular flexibility index (Phi) is 6.94. The zero-order valence-electron chi connectivity index (χ0n) is 14.7. The highest BCUT2D eigenvalue weighted by atomic mass is 32.1. The Morgan fingerprint density at radius 1 is 1.20 bits per heavy atom. The molecule has 0 spiro atoms. The van der Waals surface area contributed by atoms with E-state index in [1.54, 1.807) is 0 Å². The lowest BCUT2D eigenvalue weighted by atomic mass is 10.2. The van der Waals surface area contributed by atoms with E-state index in [2.05, 4.69) is 15.6 Å². The molecule has 1 heterocycles. The molecule has 2 N–H and O–H groups in total. The van der Waals surface area contributed by atoms with E-state index in [0.29, 0.717) is 12.3 Å². The summed E-state index contributed by atoms with van der Waals surface area (Å²) >= 11 is 1.45. The molecule has 0 aliphatic rings. The molecule has 0 unspecified atom stereocenters. The first-order chi connectivity index (χ1) is 11.9. The van der Waals surface area contributed by atoms with E-state index < -0.39 is 0 Å². The Labute approximate surface area is 151 Å². The van der Waals surface area contributed by atoms with Crippen LogP contribution in [0.2, 0.25) is 0 Å². The van der Waals surface area contributed by atoms with E-state index in [1.165, 1.54) is 16.9 Å². The van der Waals surface area contributed by atoms with Crippen molar-refractivity contribution >= 4 is 23.2 Å². The number of nitrogens with one attached hydrogen (secondary N) is 2. The number of carbonyl (C=O) groups is 2.